The lowest BCUT2D eigenvalue weighted by atomic mass is 9.93. The molecule has 0 unspecified atom stereocenters. The first kappa shape index (κ1) is 12.5. The molecule has 0 aromatic carbocycles. The molecule has 1 saturated heterocycles. The van der Waals surface area contributed by atoms with E-state index in [0.29, 0.717) is 5.91 Å². The largest absolute Gasteiger partial charge is 0.346 e. The molecule has 0 atom stereocenters. The maximum absolute atomic E-state index is 11.7. The van der Waals surface area contributed by atoms with Crippen molar-refractivity contribution in [3.05, 3.63) is 0 Å². The summed E-state index contributed by atoms with van der Waals surface area (Å²) >= 11 is 0. The van der Waals surface area contributed by atoms with Crippen molar-refractivity contribution >= 4 is 5.91 Å². The van der Waals surface area contributed by atoms with E-state index in [1.165, 1.54) is 12.8 Å². The second-order valence-corrected chi connectivity index (χ2v) is 4.55. The normalized spacial score (nSPS) is 17.7. The van der Waals surface area contributed by atoms with Gasteiger partial charge in [0.05, 0.1) is 0 Å². The van der Waals surface area contributed by atoms with Gasteiger partial charge in [-0.2, -0.15) is 0 Å². The third kappa shape index (κ3) is 4.65. The summed E-state index contributed by atoms with van der Waals surface area (Å²) in [6.45, 7) is 5.26. The molecule has 15 heavy (non-hydrogen) atoms. The van der Waals surface area contributed by atoms with Crippen LogP contribution in [0.3, 0.4) is 0 Å². The lowest BCUT2D eigenvalue weighted by Crippen LogP contribution is -2.30. The molecule has 1 rings (SSSR count). The van der Waals surface area contributed by atoms with Crippen LogP contribution in [0.2, 0.25) is 0 Å². The van der Waals surface area contributed by atoms with Gasteiger partial charge in [0.15, 0.2) is 0 Å². The molecule has 3 nitrogen and oxygen atoms in total. The lowest BCUT2D eigenvalue weighted by molar-refractivity contribution is -0.130. The first-order chi connectivity index (χ1) is 7.24. The third-order valence-electron chi connectivity index (χ3n) is 3.21. The Labute approximate surface area is 93.2 Å². The van der Waals surface area contributed by atoms with Crippen LogP contribution in [0.5, 0.6) is 0 Å². The van der Waals surface area contributed by atoms with Gasteiger partial charge in [0.1, 0.15) is 0 Å². The maximum Gasteiger partial charge on any atom is 0.222 e. The Morgan fingerprint density at radius 2 is 2.07 bits per heavy atom. The number of amides is 1. The fourth-order valence-electron chi connectivity index (χ4n) is 2.15. The van der Waals surface area contributed by atoms with E-state index in [-0.39, 0.29) is 0 Å². The van der Waals surface area contributed by atoms with E-state index in [2.05, 4.69) is 12.2 Å². The summed E-state index contributed by atoms with van der Waals surface area (Å²) in [5, 5.41) is 3.35. The van der Waals surface area contributed by atoms with Crippen LogP contribution >= 0.6 is 0 Å². The number of hydrogen-bond acceptors (Lipinski definition) is 2. The number of nitrogens with one attached hydrogen (secondary N) is 1. The number of hydrogen-bond donors (Lipinski definition) is 1. The van der Waals surface area contributed by atoms with Crippen molar-refractivity contribution in [2.75, 3.05) is 26.7 Å². The van der Waals surface area contributed by atoms with Crippen molar-refractivity contribution in [3.8, 4) is 0 Å². The minimum atomic E-state index is 0.315. The Bertz CT molecular complexity index is 188. The molecule has 1 aliphatic heterocycles. The number of carbonyl (C=O) groups is 1. The molecule has 88 valence electrons. The SMILES string of the molecule is CCCN(C)C(=O)CCC1CCNCC1. The van der Waals surface area contributed by atoms with Crippen LogP contribution in [-0.4, -0.2) is 37.5 Å². The summed E-state index contributed by atoms with van der Waals surface area (Å²) in [7, 11) is 1.91. The van der Waals surface area contributed by atoms with Gasteiger partial charge in [-0.05, 0) is 44.7 Å². The van der Waals surface area contributed by atoms with Crippen LogP contribution in [0.4, 0.5) is 0 Å². The monoisotopic (exact) mass is 212 g/mol. The Morgan fingerprint density at radius 3 is 2.67 bits per heavy atom. The molecular weight excluding hydrogens is 188 g/mol. The van der Waals surface area contributed by atoms with Gasteiger partial charge in [0.2, 0.25) is 5.91 Å². The minimum absolute atomic E-state index is 0.315. The van der Waals surface area contributed by atoms with Gasteiger partial charge < -0.3 is 10.2 Å². The first-order valence-electron chi connectivity index (χ1n) is 6.18. The summed E-state index contributed by atoms with van der Waals surface area (Å²) < 4.78 is 0. The predicted molar refractivity (Wildman–Crippen MR) is 62.8 cm³/mol. The van der Waals surface area contributed by atoms with Crippen LogP contribution in [0.1, 0.15) is 39.0 Å². The smallest absolute Gasteiger partial charge is 0.222 e. The Morgan fingerprint density at radius 1 is 1.40 bits per heavy atom. The number of rotatable bonds is 5. The van der Waals surface area contributed by atoms with E-state index < -0.39 is 0 Å². The number of piperidine rings is 1. The van der Waals surface area contributed by atoms with E-state index >= 15 is 0 Å². The second kappa shape index (κ2) is 6.83. The summed E-state index contributed by atoms with van der Waals surface area (Å²) in [6.07, 6.45) is 5.35. The Balaban J connectivity index is 2.14. The maximum atomic E-state index is 11.7. The van der Waals surface area contributed by atoms with Crippen LogP contribution in [0.15, 0.2) is 0 Å². The zero-order valence-electron chi connectivity index (χ0n) is 10.1. The molecule has 0 aromatic heterocycles. The minimum Gasteiger partial charge on any atom is -0.346 e. The highest BCUT2D eigenvalue weighted by Crippen LogP contribution is 2.18. The molecule has 1 N–H and O–H groups in total. The highest BCUT2D eigenvalue weighted by molar-refractivity contribution is 5.75. The predicted octanol–water partition coefficient (Wildman–Crippen LogP) is 1.63. The molecule has 1 fully saturated rings. The third-order valence-corrected chi connectivity index (χ3v) is 3.21. The summed E-state index contributed by atoms with van der Waals surface area (Å²) in [5.41, 5.74) is 0. The Kier molecular flexibility index (Phi) is 5.69. The molecule has 1 heterocycles. The van der Waals surface area contributed by atoms with E-state index in [1.807, 2.05) is 11.9 Å². The molecule has 0 aromatic rings. The first-order valence-corrected chi connectivity index (χ1v) is 6.18. The summed E-state index contributed by atoms with van der Waals surface area (Å²) in [4.78, 5) is 13.5. The van der Waals surface area contributed by atoms with Gasteiger partial charge in [-0.15, -0.1) is 0 Å². The summed E-state index contributed by atoms with van der Waals surface area (Å²) in [5.74, 6) is 1.08. The molecule has 0 radical (unpaired) electrons. The highest BCUT2D eigenvalue weighted by atomic mass is 16.2. The van der Waals surface area contributed by atoms with E-state index in [0.717, 1.165) is 44.8 Å². The molecule has 0 aliphatic carbocycles. The molecule has 3 heteroatoms. The van der Waals surface area contributed by atoms with Crippen LogP contribution < -0.4 is 5.32 Å². The average molecular weight is 212 g/mol. The molecular formula is C12H24N2O. The van der Waals surface area contributed by atoms with Crippen LogP contribution in [0, 0.1) is 5.92 Å². The molecule has 0 bridgehead atoms. The Hall–Kier alpha value is -0.570. The van der Waals surface area contributed by atoms with Gasteiger partial charge in [-0.1, -0.05) is 6.92 Å². The topological polar surface area (TPSA) is 32.3 Å². The van der Waals surface area contributed by atoms with Gasteiger partial charge in [-0.3, -0.25) is 4.79 Å². The molecule has 1 amide bonds. The second-order valence-electron chi connectivity index (χ2n) is 4.55. The lowest BCUT2D eigenvalue weighted by Gasteiger charge is -2.23. The van der Waals surface area contributed by atoms with E-state index in [1.54, 1.807) is 0 Å². The fraction of sp³-hybridized carbons (Fsp3) is 0.917. The van der Waals surface area contributed by atoms with Crippen molar-refractivity contribution in [2.24, 2.45) is 5.92 Å². The number of nitrogens with zero attached hydrogens (tertiary/aromatic N) is 1. The van der Waals surface area contributed by atoms with Crippen molar-refractivity contribution in [1.82, 2.24) is 10.2 Å². The fourth-order valence-corrected chi connectivity index (χ4v) is 2.15. The van der Waals surface area contributed by atoms with E-state index in [9.17, 15) is 4.79 Å². The average Bonchev–Trinajstić information content (AvgIpc) is 2.27. The van der Waals surface area contributed by atoms with Crippen LogP contribution in [-0.2, 0) is 4.79 Å². The highest BCUT2D eigenvalue weighted by Gasteiger charge is 2.15. The van der Waals surface area contributed by atoms with Crippen molar-refractivity contribution < 1.29 is 4.79 Å². The molecule has 0 saturated carbocycles. The van der Waals surface area contributed by atoms with Gasteiger partial charge in [0.25, 0.3) is 0 Å². The van der Waals surface area contributed by atoms with Crippen molar-refractivity contribution in [1.29, 1.82) is 0 Å². The van der Waals surface area contributed by atoms with Crippen LogP contribution in [0.25, 0.3) is 0 Å². The van der Waals surface area contributed by atoms with Crippen molar-refractivity contribution in [3.63, 3.8) is 0 Å². The van der Waals surface area contributed by atoms with Gasteiger partial charge in [-0.25, -0.2) is 0 Å². The van der Waals surface area contributed by atoms with Crippen molar-refractivity contribution in [2.45, 2.75) is 39.0 Å². The standard InChI is InChI=1S/C12H24N2O/c1-3-10-14(2)12(15)5-4-11-6-8-13-9-7-11/h11,13H,3-10H2,1-2H3. The zero-order valence-corrected chi connectivity index (χ0v) is 10.1. The summed E-state index contributed by atoms with van der Waals surface area (Å²) in [6, 6.07) is 0. The molecule has 1 aliphatic rings. The number of carbonyl (C=O) groups excluding carboxylic acids is 1. The zero-order chi connectivity index (χ0) is 11.1. The molecule has 0 spiro atoms. The van der Waals surface area contributed by atoms with E-state index in [4.69, 9.17) is 0 Å². The van der Waals surface area contributed by atoms with Gasteiger partial charge in [0, 0.05) is 20.0 Å². The quantitative estimate of drug-likeness (QED) is 0.751. The van der Waals surface area contributed by atoms with Gasteiger partial charge >= 0.3 is 0 Å².